The molecule has 7 aliphatic carbocycles. The fourth-order valence-electron chi connectivity index (χ4n) is 12.1. The largest absolute Gasteiger partial charge is 0.639 e. The fraction of sp³-hybridized carbons (Fsp3) is 0.578. The average molecular weight is 755 g/mol. The van der Waals surface area contributed by atoms with Crippen LogP contribution in [0.4, 0.5) is 0 Å². The Morgan fingerprint density at radius 1 is 0.946 bits per heavy atom. The maximum Gasteiger partial charge on any atom is 0.133 e. The minimum atomic E-state index is -0.0832. The molecule has 11 aliphatic rings. The second kappa shape index (κ2) is 12.9. The average Bonchev–Trinajstić information content (AvgIpc) is 3.89. The van der Waals surface area contributed by atoms with Gasteiger partial charge in [0.15, 0.2) is 0 Å². The normalized spacial score (nSPS) is 39.9. The summed E-state index contributed by atoms with van der Waals surface area (Å²) in [6.07, 6.45) is 33.5. The van der Waals surface area contributed by atoms with Crippen LogP contribution in [-0.2, 0) is 15.9 Å². The van der Waals surface area contributed by atoms with E-state index in [1.807, 2.05) is 7.11 Å². The molecule has 56 heavy (non-hydrogen) atoms. The van der Waals surface area contributed by atoms with E-state index in [1.54, 1.807) is 7.11 Å². The molecule has 0 spiro atoms. The lowest BCUT2D eigenvalue weighted by molar-refractivity contribution is -0.0867. The third-order valence-electron chi connectivity index (χ3n) is 15.7. The lowest BCUT2D eigenvalue weighted by Crippen LogP contribution is -2.63. The summed E-state index contributed by atoms with van der Waals surface area (Å²) >= 11 is 0. The van der Waals surface area contributed by atoms with E-state index in [4.69, 9.17) is 19.8 Å². The van der Waals surface area contributed by atoms with Crippen LogP contribution in [0.5, 0.6) is 0 Å². The van der Waals surface area contributed by atoms with Crippen molar-refractivity contribution < 1.29 is 9.47 Å². The number of H-pyrrole nitrogens is 1. The van der Waals surface area contributed by atoms with Crippen LogP contribution in [0.1, 0.15) is 68.6 Å². The number of rotatable bonds is 8. The predicted octanol–water partition coefficient (Wildman–Crippen LogP) is 5.41. The van der Waals surface area contributed by atoms with Gasteiger partial charge >= 0.3 is 0 Å². The van der Waals surface area contributed by atoms with Gasteiger partial charge in [-0.2, -0.15) is 0 Å². The smallest absolute Gasteiger partial charge is 0.133 e. The molecule has 5 heterocycles. The third kappa shape index (κ3) is 5.27. The van der Waals surface area contributed by atoms with Crippen molar-refractivity contribution in [1.82, 2.24) is 39.8 Å². The second-order valence-corrected chi connectivity index (χ2v) is 18.4. The lowest BCUT2D eigenvalue weighted by Gasteiger charge is -2.56. The maximum atomic E-state index is 5.75. The molecule has 11 heteroatoms. The molecule has 0 radical (unpaired) electrons. The highest BCUT2D eigenvalue weighted by atomic mass is 16.5. The summed E-state index contributed by atoms with van der Waals surface area (Å²) in [4.78, 5) is 22.0. The van der Waals surface area contributed by atoms with E-state index >= 15 is 0 Å². The first-order valence-electron chi connectivity index (χ1n) is 21.4. The minimum Gasteiger partial charge on any atom is -0.639 e. The predicted molar refractivity (Wildman–Crippen MR) is 217 cm³/mol. The van der Waals surface area contributed by atoms with Gasteiger partial charge in [-0.05, 0) is 75.4 Å². The Balaban J connectivity index is 0.696. The lowest BCUT2D eigenvalue weighted by atomic mass is 9.68. The summed E-state index contributed by atoms with van der Waals surface area (Å²) < 4.78 is 11.3. The molecular weight excluding hydrogens is 699 g/mol. The van der Waals surface area contributed by atoms with Gasteiger partial charge in [-0.1, -0.05) is 60.7 Å². The number of ether oxygens (including phenoxy) is 2. The molecule has 4 aliphatic heterocycles. The van der Waals surface area contributed by atoms with Gasteiger partial charge in [0.05, 0.1) is 45.2 Å². The number of hydrogen-bond donors (Lipinski definition) is 2. The van der Waals surface area contributed by atoms with Crippen LogP contribution in [0.15, 0.2) is 83.0 Å². The van der Waals surface area contributed by atoms with Crippen LogP contribution in [0, 0.1) is 11.8 Å². The number of fused-ring (bicyclic) bond motifs is 6. The monoisotopic (exact) mass is 754 g/mol. The zero-order chi connectivity index (χ0) is 37.3. The Morgan fingerprint density at radius 2 is 1.86 bits per heavy atom. The number of hydrogen-bond acceptors (Lipinski definition) is 9. The molecule has 0 bridgehead atoms. The van der Waals surface area contributed by atoms with Gasteiger partial charge in [0.25, 0.3) is 0 Å². The summed E-state index contributed by atoms with van der Waals surface area (Å²) in [6, 6.07) is 2.98. The summed E-state index contributed by atoms with van der Waals surface area (Å²) in [5.74, 6) is 3.12. The van der Waals surface area contributed by atoms with Crippen molar-refractivity contribution in [1.29, 1.82) is 0 Å². The van der Waals surface area contributed by atoms with E-state index in [9.17, 15) is 0 Å². The fourth-order valence-corrected chi connectivity index (χ4v) is 12.1. The number of nitrogens with zero attached hydrogens (tertiary/aromatic N) is 7. The highest BCUT2D eigenvalue weighted by Crippen LogP contribution is 2.52. The highest BCUT2D eigenvalue weighted by Gasteiger charge is 2.51. The van der Waals surface area contributed by atoms with Gasteiger partial charge in [0.1, 0.15) is 11.4 Å². The molecule has 1 saturated carbocycles. The summed E-state index contributed by atoms with van der Waals surface area (Å²) in [7, 11) is 5.96. The van der Waals surface area contributed by atoms with Crippen LogP contribution in [-0.4, -0.2) is 130 Å². The number of aromatic amines is 1. The molecule has 1 aromatic heterocycles. The Kier molecular flexibility index (Phi) is 7.91. The van der Waals surface area contributed by atoms with E-state index < -0.39 is 0 Å². The molecule has 294 valence electrons. The molecule has 0 aromatic carbocycles. The van der Waals surface area contributed by atoms with Crippen LogP contribution in [0.25, 0.3) is 17.0 Å². The first-order valence-corrected chi connectivity index (χ1v) is 21.4. The van der Waals surface area contributed by atoms with Gasteiger partial charge < -0.3 is 34.9 Å². The van der Waals surface area contributed by atoms with Gasteiger partial charge in [-0.25, -0.2) is 4.98 Å². The van der Waals surface area contributed by atoms with Crippen molar-refractivity contribution in [3.05, 3.63) is 106 Å². The third-order valence-corrected chi connectivity index (χ3v) is 15.7. The Bertz CT molecular complexity index is 2060. The molecule has 1 aromatic rings. The summed E-state index contributed by atoms with van der Waals surface area (Å²) in [6.45, 7) is 4.05. The zero-order valence-corrected chi connectivity index (χ0v) is 33.1. The number of imidazole rings is 1. The molecule has 2 N–H and O–H groups in total. The summed E-state index contributed by atoms with van der Waals surface area (Å²) in [5, 5.41) is 9.45. The van der Waals surface area contributed by atoms with Crippen LogP contribution >= 0.6 is 0 Å². The van der Waals surface area contributed by atoms with Crippen LogP contribution in [0.3, 0.4) is 0 Å². The Hall–Kier alpha value is -3.71. The van der Waals surface area contributed by atoms with Crippen molar-refractivity contribution in [2.24, 2.45) is 11.8 Å². The molecule has 4 saturated heterocycles. The quantitative estimate of drug-likeness (QED) is 0.362. The van der Waals surface area contributed by atoms with Gasteiger partial charge in [-0.3, -0.25) is 14.7 Å². The zero-order valence-electron chi connectivity index (χ0n) is 33.1. The van der Waals surface area contributed by atoms with Crippen molar-refractivity contribution in [3.63, 3.8) is 0 Å². The van der Waals surface area contributed by atoms with E-state index in [2.05, 4.69) is 103 Å². The highest BCUT2D eigenvalue weighted by molar-refractivity contribution is 5.66. The van der Waals surface area contributed by atoms with Crippen molar-refractivity contribution in [2.45, 2.75) is 106 Å². The number of likely N-dealkylation sites (tertiary alicyclic amines) is 1. The van der Waals surface area contributed by atoms with E-state index in [1.165, 1.54) is 59.5 Å². The van der Waals surface area contributed by atoms with Crippen LogP contribution < -0.4 is 5.32 Å². The van der Waals surface area contributed by atoms with Gasteiger partial charge in [-0.15, -0.1) is 6.04 Å². The number of aryl methyl sites for hydroxylation is 1. The minimum absolute atomic E-state index is 0.0832. The van der Waals surface area contributed by atoms with E-state index in [-0.39, 0.29) is 11.8 Å². The Labute approximate surface area is 331 Å². The number of methoxy groups -OCH3 is 2. The molecule has 0 amide bonds. The number of allylic oxidation sites excluding steroid dienone is 4. The van der Waals surface area contributed by atoms with Crippen LogP contribution in [0.2, 0.25) is 0 Å². The SMILES string of the molecule is COC1=CC=CC(N2CN(C3CCC4[N-]C(C5=CC6C7C=C(c8nc9c([nH]8)CCC(N8CN(C%10=C%11C=C[C@]%11(OC)C%10)C8)=C9)CCC7N(C)C6C=C5)NC4C3)C2)C1. The molecule has 12 rings (SSSR count). The molecule has 10 atom stereocenters. The number of nitrogens with one attached hydrogen (secondary N) is 2. The topological polar surface area (TPSA) is 89.5 Å². The summed E-state index contributed by atoms with van der Waals surface area (Å²) in [5.41, 5.74) is 9.40. The molecule has 11 nitrogen and oxygen atoms in total. The van der Waals surface area contributed by atoms with Crippen molar-refractivity contribution in [2.75, 3.05) is 47.9 Å². The Morgan fingerprint density at radius 3 is 2.68 bits per heavy atom. The molecular formula is C45H56N9O2-. The van der Waals surface area contributed by atoms with Gasteiger partial charge in [0.2, 0.25) is 0 Å². The van der Waals surface area contributed by atoms with E-state index in [0.29, 0.717) is 48.1 Å². The number of aromatic nitrogens is 2. The number of likely N-dealkylation sites (N-methyl/N-ethyl adjacent to an activating group) is 1. The van der Waals surface area contributed by atoms with Crippen molar-refractivity contribution >= 4 is 11.6 Å². The standard InChI is InChI=1S/C45H56N9O2/c1-50-40-13-7-27(43-46-36-11-9-30(20-38(36)48-43)52-23-51(24-52)29-5-4-6-32(19-29)55-2)17-33(40)34-18-28(8-14-41(34)50)44-47-37-12-10-31(21-39(37)49-44)53-25-54(26-53)42-22-45(56-3)16-15-35(42)45/h4-7,13,15-18,21,29-30,33-34,36,38,40-41,43,48H,8-12,14,19-20,22-26H2,1-3H3,(H,47,49)/q-1/t29?,30?,33?,34?,36?,38?,40?,41?,43?,45-/m0/s1. The maximum absolute atomic E-state index is 5.75. The molecule has 9 unspecified atom stereocenters. The van der Waals surface area contributed by atoms with Crippen molar-refractivity contribution in [3.8, 4) is 0 Å². The molecule has 5 fully saturated rings. The second-order valence-electron chi connectivity index (χ2n) is 18.4. The first-order chi connectivity index (χ1) is 27.4. The van der Waals surface area contributed by atoms with Gasteiger partial charge in [0, 0.05) is 78.6 Å². The first kappa shape index (κ1) is 34.3. The van der Waals surface area contributed by atoms with E-state index in [0.717, 1.165) is 76.1 Å².